The fourth-order valence-corrected chi connectivity index (χ4v) is 21.2. The van der Waals surface area contributed by atoms with Gasteiger partial charge in [-0.05, 0) is 260 Å². The highest BCUT2D eigenvalue weighted by Crippen LogP contribution is 2.57. The van der Waals surface area contributed by atoms with Crippen LogP contribution in [0.2, 0.25) is 0 Å². The molecule has 13 aromatic rings. The minimum atomic E-state index is -0.269. The number of nitrogens with zero attached hydrogens (tertiary/aromatic N) is 3. The van der Waals surface area contributed by atoms with Crippen molar-refractivity contribution in [3.05, 3.63) is 261 Å². The molecular formula is C86H68B3N3O3S2. The Labute approximate surface area is 577 Å². The minimum absolute atomic E-state index is 0.168. The number of thiophene rings is 2. The number of ether oxygens (including phenoxy) is 3. The molecule has 6 nitrogen and oxygen atoms in total. The second kappa shape index (κ2) is 21.2. The Morgan fingerprint density at radius 3 is 1.08 bits per heavy atom. The molecule has 0 amide bonds. The van der Waals surface area contributed by atoms with Crippen LogP contribution in [0.25, 0.3) is 33.4 Å². The molecule has 8 heterocycles. The fraction of sp³-hybridized carbons (Fsp3) is 0.140. The second-order valence-corrected chi connectivity index (χ2v) is 30.2. The highest BCUT2D eigenvalue weighted by Gasteiger charge is 2.55. The van der Waals surface area contributed by atoms with Crippen LogP contribution in [0.5, 0.6) is 34.5 Å². The zero-order chi connectivity index (χ0) is 65.9. The van der Waals surface area contributed by atoms with Crippen molar-refractivity contribution in [2.45, 2.75) is 83.1 Å². The number of para-hydroxylation sites is 3. The van der Waals surface area contributed by atoms with E-state index in [-0.39, 0.29) is 20.1 Å². The smallest absolute Gasteiger partial charge is 0.281 e. The van der Waals surface area contributed by atoms with E-state index >= 15 is 0 Å². The summed E-state index contributed by atoms with van der Waals surface area (Å²) in [4.78, 5) is 7.93. The Kier molecular flexibility index (Phi) is 12.7. The van der Waals surface area contributed by atoms with E-state index in [2.05, 4.69) is 292 Å². The van der Waals surface area contributed by atoms with Crippen LogP contribution in [0.1, 0.15) is 66.8 Å². The summed E-state index contributed by atoms with van der Waals surface area (Å²) in [6.07, 6.45) is 0. The van der Waals surface area contributed by atoms with Gasteiger partial charge in [0.2, 0.25) is 0 Å². The van der Waals surface area contributed by atoms with E-state index in [1.54, 1.807) is 0 Å². The number of aryl methyl sites for hydroxylation is 12. The number of fused-ring (bicyclic) bond motifs is 14. The molecule has 0 N–H and O–H groups in total. The van der Waals surface area contributed by atoms with E-state index in [4.69, 9.17) is 14.2 Å². The van der Waals surface area contributed by atoms with E-state index in [1.807, 2.05) is 22.7 Å². The van der Waals surface area contributed by atoms with E-state index in [9.17, 15) is 0 Å². The lowest BCUT2D eigenvalue weighted by Gasteiger charge is -2.43. The van der Waals surface area contributed by atoms with Crippen LogP contribution in [0.15, 0.2) is 194 Å². The van der Waals surface area contributed by atoms with E-state index in [0.717, 1.165) is 90.8 Å². The van der Waals surface area contributed by atoms with Gasteiger partial charge in [0.1, 0.15) is 28.7 Å². The maximum Gasteiger partial charge on any atom is 0.281 e. The normalized spacial score (nSPS) is 13.7. The average molecular weight is 1290 g/mol. The van der Waals surface area contributed by atoms with Crippen molar-refractivity contribution in [1.82, 2.24) is 0 Å². The predicted octanol–water partition coefficient (Wildman–Crippen LogP) is 17.7. The molecule has 0 saturated carbocycles. The maximum absolute atomic E-state index is 8.26. The molecule has 97 heavy (non-hydrogen) atoms. The topological polar surface area (TPSA) is 37.4 Å². The summed E-state index contributed by atoms with van der Waals surface area (Å²) in [7, 11) is 0. The van der Waals surface area contributed by atoms with Crippen molar-refractivity contribution in [2.75, 3.05) is 14.7 Å². The lowest BCUT2D eigenvalue weighted by molar-refractivity contribution is 0.486. The fourth-order valence-electron chi connectivity index (χ4n) is 18.1. The molecule has 19 rings (SSSR count). The molecule has 2 aromatic heterocycles. The monoisotopic (exact) mass is 1290 g/mol. The molecular weight excluding hydrogens is 1220 g/mol. The molecule has 6 aliphatic rings. The largest absolute Gasteiger partial charge is 0.458 e. The van der Waals surface area contributed by atoms with Crippen LogP contribution in [-0.4, -0.2) is 20.1 Å². The van der Waals surface area contributed by atoms with Crippen molar-refractivity contribution in [2.24, 2.45) is 0 Å². The Morgan fingerprint density at radius 1 is 0.278 bits per heavy atom. The third-order valence-electron chi connectivity index (χ3n) is 21.6. The van der Waals surface area contributed by atoms with Gasteiger partial charge in [0.15, 0.2) is 5.75 Å². The first-order chi connectivity index (χ1) is 47.1. The zero-order valence-corrected chi connectivity index (χ0v) is 58.2. The summed E-state index contributed by atoms with van der Waals surface area (Å²) < 4.78 is 27.9. The maximum atomic E-state index is 8.26. The molecule has 11 heteroatoms. The van der Waals surface area contributed by atoms with Gasteiger partial charge in [-0.3, -0.25) is 0 Å². The van der Waals surface area contributed by atoms with Crippen LogP contribution < -0.4 is 75.3 Å². The summed E-state index contributed by atoms with van der Waals surface area (Å²) in [6, 6.07) is 72.8. The van der Waals surface area contributed by atoms with Gasteiger partial charge in [-0.2, -0.15) is 22.7 Å². The van der Waals surface area contributed by atoms with Gasteiger partial charge >= 0.3 is 0 Å². The lowest BCUT2D eigenvalue weighted by Crippen LogP contribution is -2.59. The summed E-state index contributed by atoms with van der Waals surface area (Å²) >= 11 is 3.94. The molecule has 6 aliphatic heterocycles. The van der Waals surface area contributed by atoms with E-state index in [1.165, 1.54) is 141 Å². The highest BCUT2D eigenvalue weighted by atomic mass is 32.1. The second-order valence-electron chi connectivity index (χ2n) is 28.1. The number of rotatable bonds is 6. The van der Waals surface area contributed by atoms with Crippen LogP contribution in [0.3, 0.4) is 0 Å². The van der Waals surface area contributed by atoms with Gasteiger partial charge in [0.25, 0.3) is 20.1 Å². The number of anilines is 9. The molecule has 0 bridgehead atoms. The zero-order valence-electron chi connectivity index (χ0n) is 56.6. The third-order valence-corrected chi connectivity index (χ3v) is 24.2. The SMILES string of the molecule is Cc1cc(C)c(N2c3cc(-c4c(C)cccc4C)cc4c3B(c3ccccc3O4)c3sc4c(c32)Oc2cc(-c3c(C)cccc3C)cc3c2B4c2sc4c(c2N3c2c(C)cc(C)cc2C)N(c2ccccc2)c2cc(-c3c(C)cccc3C)cc3c2B4c2ccccc2O3)c(C)c1. The van der Waals surface area contributed by atoms with Crippen molar-refractivity contribution < 1.29 is 14.2 Å². The van der Waals surface area contributed by atoms with Gasteiger partial charge in [-0.15, -0.1) is 0 Å². The van der Waals surface area contributed by atoms with Gasteiger partial charge in [-0.1, -0.05) is 145 Å². The molecule has 11 aromatic carbocycles. The Hall–Kier alpha value is -10.2. The molecule has 0 fully saturated rings. The Bertz CT molecular complexity index is 5560. The third kappa shape index (κ3) is 8.28. The lowest BCUT2D eigenvalue weighted by atomic mass is 9.36. The van der Waals surface area contributed by atoms with Crippen molar-refractivity contribution in [1.29, 1.82) is 0 Å². The number of hydrogen-bond donors (Lipinski definition) is 0. The van der Waals surface area contributed by atoms with E-state index < -0.39 is 0 Å². The van der Waals surface area contributed by atoms with Crippen molar-refractivity contribution in [3.8, 4) is 67.9 Å². The average Bonchev–Trinajstić information content (AvgIpc) is 1.55. The first kappa shape index (κ1) is 58.2. The summed E-state index contributed by atoms with van der Waals surface area (Å²) in [5.74, 6) is 5.32. The summed E-state index contributed by atoms with van der Waals surface area (Å²) in [6.45, 7) is 26.6. The molecule has 0 radical (unpaired) electrons. The standard InChI is InChI=1S/C86H68B3N3O3S2/c1-45-35-53(9)77(54(10)36-45)91-65-41-59(73-51(7)27-22-28-52(73)8)44-70-76(65)89(84-80(91)79-83(96-84)87-61-31-16-18-33-66(61)93-68-42-57(71-47(3)23-20-24-48(71)4)39-63(74(68)87)90(79)60-29-14-13-15-30-60)86-82(95-70)81-85(97-86)88-62-32-17-19-34-67(62)94-69-43-58(72-49(5)25-21-26-50(72)6)40-64(75(69)88)92(81)78-55(11)37-46(2)38-56(78)12/h13-44H,1-12H3. The number of hydrogen-bond acceptors (Lipinski definition) is 8. The first-order valence-corrected chi connectivity index (χ1v) is 35.6. The molecule has 466 valence electrons. The molecule has 0 saturated heterocycles. The predicted molar refractivity (Wildman–Crippen MR) is 413 cm³/mol. The van der Waals surface area contributed by atoms with Crippen LogP contribution >= 0.6 is 22.7 Å². The van der Waals surface area contributed by atoms with E-state index in [0.29, 0.717) is 0 Å². The summed E-state index contributed by atoms with van der Waals surface area (Å²) in [5, 5.41) is 0. The number of benzene rings is 11. The van der Waals surface area contributed by atoms with Gasteiger partial charge < -0.3 is 28.9 Å². The molecule has 0 aliphatic carbocycles. The Morgan fingerprint density at radius 2 is 0.629 bits per heavy atom. The highest BCUT2D eigenvalue weighted by molar-refractivity contribution is 7.44. The van der Waals surface area contributed by atoms with Crippen LogP contribution in [0, 0.1) is 83.1 Å². The summed E-state index contributed by atoms with van der Waals surface area (Å²) in [5.41, 5.74) is 37.7. The van der Waals surface area contributed by atoms with Gasteiger partial charge in [0.05, 0.1) is 28.4 Å². The van der Waals surface area contributed by atoms with Gasteiger partial charge in [-0.25, -0.2) is 0 Å². The Balaban J connectivity index is 0.978. The first-order valence-electron chi connectivity index (χ1n) is 34.0. The molecule has 0 atom stereocenters. The molecule has 0 unspecified atom stereocenters. The quantitative estimate of drug-likeness (QED) is 0.155. The van der Waals surface area contributed by atoms with Gasteiger partial charge in [0, 0.05) is 41.9 Å². The molecule has 0 spiro atoms. The van der Waals surface area contributed by atoms with Crippen molar-refractivity contribution >= 4 is 140 Å². The minimum Gasteiger partial charge on any atom is -0.458 e. The van der Waals surface area contributed by atoms with Crippen LogP contribution in [-0.2, 0) is 0 Å². The van der Waals surface area contributed by atoms with Crippen LogP contribution in [0.4, 0.5) is 51.2 Å². The van der Waals surface area contributed by atoms with Crippen molar-refractivity contribution in [3.63, 3.8) is 0 Å².